The lowest BCUT2D eigenvalue weighted by Gasteiger charge is -2.39. The zero-order valence-electron chi connectivity index (χ0n) is 27.4. The van der Waals surface area contributed by atoms with Crippen molar-refractivity contribution in [1.82, 2.24) is 16.0 Å². The molecule has 7 aromatic carbocycles. The van der Waals surface area contributed by atoms with Crippen molar-refractivity contribution >= 4 is 75.4 Å². The molecule has 1 aliphatic heterocycles. The minimum atomic E-state index is -0.203. The quantitative estimate of drug-likeness (QED) is 0.173. The van der Waals surface area contributed by atoms with Crippen LogP contribution in [0.4, 0.5) is 0 Å². The largest absolute Gasteiger partial charge is 0.455 e. The number of furan rings is 2. The second-order valence-corrected chi connectivity index (χ2v) is 14.4. The third-order valence-corrected chi connectivity index (χ3v) is 11.6. The van der Waals surface area contributed by atoms with Gasteiger partial charge in [-0.25, -0.2) is 0 Å². The van der Waals surface area contributed by atoms with E-state index in [2.05, 4.69) is 155 Å². The predicted molar refractivity (Wildman–Crippen MR) is 210 cm³/mol. The van der Waals surface area contributed by atoms with Gasteiger partial charge in [0.15, 0.2) is 0 Å². The highest BCUT2D eigenvalue weighted by molar-refractivity contribution is 7.25. The van der Waals surface area contributed by atoms with Crippen LogP contribution in [0.2, 0.25) is 0 Å². The van der Waals surface area contributed by atoms with E-state index in [9.17, 15) is 0 Å². The lowest BCUT2D eigenvalue weighted by Crippen LogP contribution is -2.54. The molecular formula is C45H31N3O2S. The maximum absolute atomic E-state index is 6.98. The van der Waals surface area contributed by atoms with Gasteiger partial charge in [-0.05, 0) is 29.3 Å². The van der Waals surface area contributed by atoms with Gasteiger partial charge in [0.2, 0.25) is 0 Å². The van der Waals surface area contributed by atoms with E-state index >= 15 is 0 Å². The van der Waals surface area contributed by atoms with Crippen molar-refractivity contribution in [2.75, 3.05) is 0 Å². The van der Waals surface area contributed by atoms with Crippen LogP contribution in [0.3, 0.4) is 0 Å². The predicted octanol–water partition coefficient (Wildman–Crippen LogP) is 11.7. The molecule has 0 aliphatic carbocycles. The number of rotatable bonds is 4. The molecule has 1 saturated heterocycles. The minimum Gasteiger partial charge on any atom is -0.455 e. The number of hydrogen-bond donors (Lipinski definition) is 3. The van der Waals surface area contributed by atoms with E-state index in [0.29, 0.717) is 0 Å². The third-order valence-electron chi connectivity index (χ3n) is 10.4. The smallest absolute Gasteiger partial charge is 0.143 e. The van der Waals surface area contributed by atoms with Crippen LogP contribution >= 0.6 is 11.3 Å². The second-order valence-electron chi connectivity index (χ2n) is 13.4. The van der Waals surface area contributed by atoms with Crippen LogP contribution in [0.25, 0.3) is 75.2 Å². The molecule has 0 saturated carbocycles. The summed E-state index contributed by atoms with van der Waals surface area (Å²) in [5.41, 5.74) is 8.95. The fourth-order valence-corrected chi connectivity index (χ4v) is 9.17. The molecule has 244 valence electrons. The molecule has 51 heavy (non-hydrogen) atoms. The average molecular weight is 678 g/mol. The molecule has 1 aliphatic rings. The Morgan fingerprint density at radius 2 is 0.980 bits per heavy atom. The van der Waals surface area contributed by atoms with Crippen molar-refractivity contribution in [3.05, 3.63) is 168 Å². The Morgan fingerprint density at radius 3 is 1.80 bits per heavy atom. The van der Waals surface area contributed by atoms with Gasteiger partial charge in [0.05, 0.1) is 18.5 Å². The molecule has 6 heteroatoms. The standard InChI is InChI=1S/C45H31N3O2S/c1-2-11-26(12-3-1)43-46-44(27-23-24-30-29-14-5-7-22-38(29)51-39(30)25-27)48-45(47-43)36-20-10-19-35-34-18-9-17-33(41(34)50-42(35)36)32-16-8-15-31-28-13-4-6-21-37(28)49-40(31)32/h1-25,43-48H. The van der Waals surface area contributed by atoms with Crippen molar-refractivity contribution in [3.63, 3.8) is 0 Å². The van der Waals surface area contributed by atoms with Gasteiger partial charge in [0.1, 0.15) is 22.3 Å². The van der Waals surface area contributed by atoms with Gasteiger partial charge in [0.25, 0.3) is 0 Å². The summed E-state index contributed by atoms with van der Waals surface area (Å²) in [6.07, 6.45) is -0.413. The number of fused-ring (bicyclic) bond motifs is 9. The summed E-state index contributed by atoms with van der Waals surface area (Å²) in [6, 6.07) is 53.6. The van der Waals surface area contributed by atoms with Crippen molar-refractivity contribution < 1.29 is 8.83 Å². The Morgan fingerprint density at radius 1 is 0.392 bits per heavy atom. The van der Waals surface area contributed by atoms with E-state index in [4.69, 9.17) is 8.83 Å². The molecule has 4 heterocycles. The Balaban J connectivity index is 1.05. The van der Waals surface area contributed by atoms with Gasteiger partial charge in [-0.2, -0.15) is 0 Å². The maximum atomic E-state index is 6.98. The van der Waals surface area contributed by atoms with Crippen LogP contribution in [0, 0.1) is 0 Å². The molecule has 0 spiro atoms. The number of nitrogens with one attached hydrogen (secondary N) is 3. The second kappa shape index (κ2) is 11.4. The molecule has 1 fully saturated rings. The zero-order chi connectivity index (χ0) is 33.5. The van der Waals surface area contributed by atoms with Gasteiger partial charge >= 0.3 is 0 Å². The van der Waals surface area contributed by atoms with E-state index in [-0.39, 0.29) is 18.5 Å². The molecule has 3 aromatic heterocycles. The summed E-state index contributed by atoms with van der Waals surface area (Å²) in [4.78, 5) is 0. The molecular weight excluding hydrogens is 647 g/mol. The first-order chi connectivity index (χ1) is 25.3. The van der Waals surface area contributed by atoms with Gasteiger partial charge in [0, 0.05) is 58.4 Å². The third kappa shape index (κ3) is 4.58. The minimum absolute atomic E-state index is 0.0959. The van der Waals surface area contributed by atoms with Crippen molar-refractivity contribution in [2.24, 2.45) is 0 Å². The first-order valence-corrected chi connectivity index (χ1v) is 18.2. The van der Waals surface area contributed by atoms with Gasteiger partial charge in [-0.15, -0.1) is 11.3 Å². The van der Waals surface area contributed by atoms with E-state index in [1.165, 1.54) is 31.3 Å². The summed E-state index contributed by atoms with van der Waals surface area (Å²) in [6.45, 7) is 0. The topological polar surface area (TPSA) is 62.4 Å². The van der Waals surface area contributed by atoms with Crippen molar-refractivity contribution in [1.29, 1.82) is 0 Å². The molecule has 5 nitrogen and oxygen atoms in total. The van der Waals surface area contributed by atoms with Crippen LogP contribution in [0.1, 0.15) is 35.2 Å². The molecule has 0 radical (unpaired) electrons. The SMILES string of the molecule is c1ccc(C2NC(c3ccc4c(c3)sc3ccccc34)NC(c3cccc4c3oc3c(-c5cccc6c5oc5ccccc56)cccc34)N2)cc1. The van der Waals surface area contributed by atoms with Crippen LogP contribution in [0.15, 0.2) is 160 Å². The highest BCUT2D eigenvalue weighted by Crippen LogP contribution is 2.43. The van der Waals surface area contributed by atoms with Crippen molar-refractivity contribution in [2.45, 2.75) is 18.5 Å². The molecule has 11 rings (SSSR count). The monoisotopic (exact) mass is 677 g/mol. The molecule has 10 aromatic rings. The molecule has 3 N–H and O–H groups in total. The van der Waals surface area contributed by atoms with Crippen LogP contribution in [0.5, 0.6) is 0 Å². The fraction of sp³-hybridized carbons (Fsp3) is 0.0667. The summed E-state index contributed by atoms with van der Waals surface area (Å²) in [5, 5.41) is 18.6. The number of para-hydroxylation sites is 4. The van der Waals surface area contributed by atoms with Crippen LogP contribution in [-0.2, 0) is 0 Å². The Hall–Kier alpha value is -5.76. The summed E-state index contributed by atoms with van der Waals surface area (Å²) >= 11 is 1.85. The summed E-state index contributed by atoms with van der Waals surface area (Å²) < 4.78 is 16.0. The molecule has 0 bridgehead atoms. The normalized spacial score (nSPS) is 18.2. The lowest BCUT2D eigenvalue weighted by molar-refractivity contribution is 0.203. The Kier molecular flexibility index (Phi) is 6.48. The fourth-order valence-electron chi connectivity index (χ4n) is 8.02. The van der Waals surface area contributed by atoms with E-state index in [1.807, 2.05) is 23.5 Å². The van der Waals surface area contributed by atoms with Gasteiger partial charge < -0.3 is 8.83 Å². The molecule has 0 amide bonds. The van der Waals surface area contributed by atoms with E-state index in [0.717, 1.165) is 60.6 Å². The number of benzene rings is 7. The maximum Gasteiger partial charge on any atom is 0.143 e. The summed E-state index contributed by atoms with van der Waals surface area (Å²) in [7, 11) is 0. The van der Waals surface area contributed by atoms with Crippen molar-refractivity contribution in [3.8, 4) is 11.1 Å². The van der Waals surface area contributed by atoms with Gasteiger partial charge in [-0.3, -0.25) is 16.0 Å². The summed E-state index contributed by atoms with van der Waals surface area (Å²) in [5.74, 6) is 0. The Bertz CT molecular complexity index is 2940. The molecule has 3 atom stereocenters. The zero-order valence-corrected chi connectivity index (χ0v) is 28.2. The van der Waals surface area contributed by atoms with Crippen LogP contribution in [-0.4, -0.2) is 0 Å². The first kappa shape index (κ1) is 29.0. The highest BCUT2D eigenvalue weighted by Gasteiger charge is 2.32. The number of hydrogen-bond acceptors (Lipinski definition) is 6. The van der Waals surface area contributed by atoms with E-state index < -0.39 is 0 Å². The lowest BCUT2D eigenvalue weighted by atomic mass is 9.99. The average Bonchev–Trinajstić information content (AvgIpc) is 3.89. The van der Waals surface area contributed by atoms with Gasteiger partial charge in [-0.1, -0.05) is 133 Å². The van der Waals surface area contributed by atoms with Crippen LogP contribution < -0.4 is 16.0 Å². The Labute approximate surface area is 297 Å². The highest BCUT2D eigenvalue weighted by atomic mass is 32.1. The number of thiophene rings is 1. The first-order valence-electron chi connectivity index (χ1n) is 17.4. The van der Waals surface area contributed by atoms with E-state index in [1.54, 1.807) is 0 Å². The molecule has 3 unspecified atom stereocenters.